The van der Waals surface area contributed by atoms with E-state index in [0.717, 1.165) is 5.56 Å². The Morgan fingerprint density at radius 2 is 2.11 bits per heavy atom. The number of benzene rings is 1. The molecule has 0 spiro atoms. The van der Waals surface area contributed by atoms with Crippen LogP contribution in [0.3, 0.4) is 0 Å². The molecule has 1 aromatic carbocycles. The Morgan fingerprint density at radius 3 is 2.78 bits per heavy atom. The van der Waals surface area contributed by atoms with E-state index in [1.165, 1.54) is 0 Å². The first-order valence-electron chi connectivity index (χ1n) is 5.94. The standard InChI is InChI=1S/C13H16N2O2S/c16-12-9-15(7-6-14-12)13(17)11(18)8-10-4-2-1-3-5-10/h1-5,11,18H,6-9H2,(H,14,16). The summed E-state index contributed by atoms with van der Waals surface area (Å²) in [5, 5.41) is 2.31. The van der Waals surface area contributed by atoms with Gasteiger partial charge in [-0.2, -0.15) is 12.6 Å². The van der Waals surface area contributed by atoms with E-state index in [1.54, 1.807) is 4.90 Å². The molecule has 4 nitrogen and oxygen atoms in total. The highest BCUT2D eigenvalue weighted by Gasteiger charge is 2.25. The van der Waals surface area contributed by atoms with Crippen LogP contribution in [0.25, 0.3) is 0 Å². The molecule has 1 saturated heterocycles. The molecule has 2 rings (SSSR count). The summed E-state index contributed by atoms with van der Waals surface area (Å²) in [5.74, 6) is -0.174. The Morgan fingerprint density at radius 1 is 1.39 bits per heavy atom. The quantitative estimate of drug-likeness (QED) is 0.781. The summed E-state index contributed by atoms with van der Waals surface area (Å²) in [6.07, 6.45) is 0.584. The van der Waals surface area contributed by atoms with E-state index in [4.69, 9.17) is 0 Å². The van der Waals surface area contributed by atoms with Crippen molar-refractivity contribution in [1.29, 1.82) is 0 Å². The molecule has 0 aliphatic carbocycles. The second kappa shape index (κ2) is 5.91. The zero-order chi connectivity index (χ0) is 13.0. The van der Waals surface area contributed by atoms with Crippen molar-refractivity contribution in [2.45, 2.75) is 11.7 Å². The minimum absolute atomic E-state index is 0.0722. The second-order valence-electron chi connectivity index (χ2n) is 4.32. The molecule has 5 heteroatoms. The van der Waals surface area contributed by atoms with Crippen molar-refractivity contribution < 1.29 is 9.59 Å². The van der Waals surface area contributed by atoms with Gasteiger partial charge in [0.15, 0.2) is 0 Å². The SMILES string of the molecule is O=C1CN(C(=O)C(S)Cc2ccccc2)CCN1. The fourth-order valence-electron chi connectivity index (χ4n) is 1.96. The number of carbonyl (C=O) groups excluding carboxylic acids is 2. The minimum Gasteiger partial charge on any atom is -0.353 e. The molecule has 2 amide bonds. The zero-order valence-electron chi connectivity index (χ0n) is 10.0. The number of carbonyl (C=O) groups is 2. The van der Waals surface area contributed by atoms with Crippen LogP contribution in [-0.4, -0.2) is 41.6 Å². The number of hydrogen-bond donors (Lipinski definition) is 2. The van der Waals surface area contributed by atoms with Crippen LogP contribution in [0.15, 0.2) is 30.3 Å². The van der Waals surface area contributed by atoms with E-state index >= 15 is 0 Å². The Bertz CT molecular complexity index is 436. The molecule has 1 unspecified atom stereocenters. The highest BCUT2D eigenvalue weighted by molar-refractivity contribution is 7.81. The van der Waals surface area contributed by atoms with Crippen molar-refractivity contribution in [3.63, 3.8) is 0 Å². The normalized spacial score (nSPS) is 17.2. The predicted octanol–water partition coefficient (Wildman–Crippen LogP) is 0.486. The van der Waals surface area contributed by atoms with E-state index in [2.05, 4.69) is 17.9 Å². The van der Waals surface area contributed by atoms with Gasteiger partial charge in [0.1, 0.15) is 0 Å². The van der Waals surface area contributed by atoms with E-state index < -0.39 is 5.25 Å². The molecule has 1 atom stereocenters. The second-order valence-corrected chi connectivity index (χ2v) is 4.94. The highest BCUT2D eigenvalue weighted by Crippen LogP contribution is 2.11. The van der Waals surface area contributed by atoms with Crippen LogP contribution in [0.2, 0.25) is 0 Å². The maximum atomic E-state index is 12.1. The summed E-state index contributed by atoms with van der Waals surface area (Å²) in [7, 11) is 0. The van der Waals surface area contributed by atoms with Crippen molar-refractivity contribution in [2.24, 2.45) is 0 Å². The Kier molecular flexibility index (Phi) is 4.25. The van der Waals surface area contributed by atoms with E-state index in [9.17, 15) is 9.59 Å². The van der Waals surface area contributed by atoms with Gasteiger partial charge in [0.05, 0.1) is 11.8 Å². The topological polar surface area (TPSA) is 49.4 Å². The molecule has 1 N–H and O–H groups in total. The first-order valence-corrected chi connectivity index (χ1v) is 6.46. The zero-order valence-corrected chi connectivity index (χ0v) is 10.9. The predicted molar refractivity (Wildman–Crippen MR) is 72.5 cm³/mol. The lowest BCUT2D eigenvalue weighted by atomic mass is 10.1. The van der Waals surface area contributed by atoms with Gasteiger partial charge >= 0.3 is 0 Å². The van der Waals surface area contributed by atoms with Crippen molar-refractivity contribution in [1.82, 2.24) is 10.2 Å². The molecule has 0 saturated carbocycles. The third kappa shape index (κ3) is 3.26. The molecule has 18 heavy (non-hydrogen) atoms. The molecular formula is C13H16N2O2S. The molecule has 0 aromatic heterocycles. The largest absolute Gasteiger partial charge is 0.353 e. The van der Waals surface area contributed by atoms with Crippen LogP contribution in [0.4, 0.5) is 0 Å². The van der Waals surface area contributed by atoms with Gasteiger partial charge in [-0.15, -0.1) is 0 Å². The van der Waals surface area contributed by atoms with Gasteiger partial charge in [-0.25, -0.2) is 0 Å². The van der Waals surface area contributed by atoms with Crippen LogP contribution in [-0.2, 0) is 16.0 Å². The fourth-order valence-corrected chi connectivity index (χ4v) is 2.34. The van der Waals surface area contributed by atoms with Gasteiger partial charge in [0, 0.05) is 13.1 Å². The minimum atomic E-state index is -0.390. The van der Waals surface area contributed by atoms with Crippen molar-refractivity contribution >= 4 is 24.4 Å². The first kappa shape index (κ1) is 13.0. The Labute approximate surface area is 112 Å². The summed E-state index contributed by atoms with van der Waals surface area (Å²) < 4.78 is 0. The molecule has 1 aromatic rings. The third-order valence-electron chi connectivity index (χ3n) is 2.91. The molecule has 1 aliphatic heterocycles. The van der Waals surface area contributed by atoms with Gasteiger partial charge in [-0.1, -0.05) is 30.3 Å². The fraction of sp³-hybridized carbons (Fsp3) is 0.385. The van der Waals surface area contributed by atoms with Gasteiger partial charge in [0.2, 0.25) is 11.8 Å². The molecule has 1 fully saturated rings. The monoisotopic (exact) mass is 264 g/mol. The Hall–Kier alpha value is -1.49. The van der Waals surface area contributed by atoms with Crippen molar-refractivity contribution in [2.75, 3.05) is 19.6 Å². The van der Waals surface area contributed by atoms with Gasteiger partial charge in [0.25, 0.3) is 0 Å². The number of thiol groups is 1. The maximum Gasteiger partial charge on any atom is 0.239 e. The lowest BCUT2D eigenvalue weighted by Crippen LogP contribution is -2.52. The van der Waals surface area contributed by atoms with Crippen LogP contribution in [0.1, 0.15) is 5.56 Å². The Balaban J connectivity index is 1.94. The molecule has 96 valence electrons. The maximum absolute atomic E-state index is 12.1. The van der Waals surface area contributed by atoms with Crippen LogP contribution >= 0.6 is 12.6 Å². The summed E-state index contributed by atoms with van der Waals surface area (Å²) in [6.45, 7) is 1.23. The number of hydrogen-bond acceptors (Lipinski definition) is 3. The lowest BCUT2D eigenvalue weighted by Gasteiger charge is -2.28. The number of amides is 2. The average molecular weight is 264 g/mol. The number of piperazine rings is 1. The highest BCUT2D eigenvalue weighted by atomic mass is 32.1. The van der Waals surface area contributed by atoms with Crippen molar-refractivity contribution in [3.05, 3.63) is 35.9 Å². The van der Waals surface area contributed by atoms with Crippen molar-refractivity contribution in [3.8, 4) is 0 Å². The smallest absolute Gasteiger partial charge is 0.239 e. The van der Waals surface area contributed by atoms with E-state index in [1.807, 2.05) is 30.3 Å². The number of rotatable bonds is 3. The lowest BCUT2D eigenvalue weighted by molar-refractivity contribution is -0.137. The molecule has 1 heterocycles. The van der Waals surface area contributed by atoms with Gasteiger partial charge in [-0.3, -0.25) is 9.59 Å². The van der Waals surface area contributed by atoms with Crippen LogP contribution < -0.4 is 5.32 Å². The summed E-state index contributed by atoms with van der Waals surface area (Å²) in [4.78, 5) is 24.9. The molecular weight excluding hydrogens is 248 g/mol. The third-order valence-corrected chi connectivity index (χ3v) is 3.31. The van der Waals surface area contributed by atoms with Gasteiger partial charge < -0.3 is 10.2 Å². The molecule has 0 bridgehead atoms. The van der Waals surface area contributed by atoms with E-state index in [0.29, 0.717) is 19.5 Å². The van der Waals surface area contributed by atoms with Crippen LogP contribution in [0, 0.1) is 0 Å². The average Bonchev–Trinajstić information content (AvgIpc) is 2.39. The summed E-state index contributed by atoms with van der Waals surface area (Å²) in [6, 6.07) is 9.76. The van der Waals surface area contributed by atoms with E-state index in [-0.39, 0.29) is 18.4 Å². The van der Waals surface area contributed by atoms with Gasteiger partial charge in [-0.05, 0) is 12.0 Å². The molecule has 1 aliphatic rings. The first-order chi connectivity index (χ1) is 8.66. The summed E-state index contributed by atoms with van der Waals surface area (Å²) in [5.41, 5.74) is 1.08. The van der Waals surface area contributed by atoms with Crippen LogP contribution in [0.5, 0.6) is 0 Å². The summed E-state index contributed by atoms with van der Waals surface area (Å²) >= 11 is 4.35. The number of nitrogens with zero attached hydrogens (tertiary/aromatic N) is 1. The number of nitrogens with one attached hydrogen (secondary N) is 1. The molecule has 0 radical (unpaired) electrons.